The van der Waals surface area contributed by atoms with Crippen molar-refractivity contribution in [2.45, 2.75) is 6.92 Å². The first-order chi connectivity index (χ1) is 10.7. The fourth-order valence-corrected chi connectivity index (χ4v) is 1.61. The van der Waals surface area contributed by atoms with Gasteiger partial charge < -0.3 is 4.74 Å². The second-order valence-electron chi connectivity index (χ2n) is 4.29. The Bertz CT molecular complexity index is 589. The van der Waals surface area contributed by atoms with Gasteiger partial charge in [-0.2, -0.15) is 0 Å². The maximum absolute atomic E-state index is 10.4. The molecule has 22 heavy (non-hydrogen) atoms. The summed E-state index contributed by atoms with van der Waals surface area (Å²) in [7, 11) is 0. The van der Waals surface area contributed by atoms with Crippen molar-refractivity contribution in [1.82, 2.24) is 0 Å². The number of ether oxygens (including phenoxy) is 1. The zero-order valence-corrected chi connectivity index (χ0v) is 13.2. The first kappa shape index (κ1) is 17.7. The van der Waals surface area contributed by atoms with E-state index in [0.717, 1.165) is 5.56 Å². The largest absolute Gasteiger partial charge is 0.435 e. The van der Waals surface area contributed by atoms with E-state index in [1.165, 1.54) is 18.7 Å². The van der Waals surface area contributed by atoms with Crippen LogP contribution in [0.25, 0.3) is 12.2 Å². The van der Waals surface area contributed by atoms with Gasteiger partial charge >= 0.3 is 5.97 Å². The van der Waals surface area contributed by atoms with E-state index >= 15 is 0 Å². The molecular formula is C19H19ClO2. The minimum Gasteiger partial charge on any atom is -0.435 e. The van der Waals surface area contributed by atoms with Gasteiger partial charge in [0.1, 0.15) is 0 Å². The van der Waals surface area contributed by atoms with Crippen molar-refractivity contribution in [2.24, 2.45) is 0 Å². The molecule has 0 spiro atoms. The van der Waals surface area contributed by atoms with Gasteiger partial charge in [0, 0.05) is 12.8 Å². The second kappa shape index (κ2) is 11.4. The number of rotatable bonds is 4. The smallest absolute Gasteiger partial charge is 0.307 e. The quantitative estimate of drug-likeness (QED) is 0.442. The molecule has 0 N–H and O–H groups in total. The number of halogens is 1. The topological polar surface area (TPSA) is 26.3 Å². The molecule has 2 aromatic rings. The molecule has 2 nitrogen and oxygen atoms in total. The first-order valence-electron chi connectivity index (χ1n) is 6.88. The summed E-state index contributed by atoms with van der Waals surface area (Å²) in [4.78, 5) is 10.4. The van der Waals surface area contributed by atoms with Gasteiger partial charge in [0.05, 0.1) is 6.26 Å². The van der Waals surface area contributed by atoms with Crippen molar-refractivity contribution in [3.05, 3.63) is 84.1 Å². The Labute approximate surface area is 136 Å². The van der Waals surface area contributed by atoms with Crippen molar-refractivity contribution >= 4 is 29.7 Å². The molecule has 0 aliphatic heterocycles. The van der Waals surface area contributed by atoms with E-state index in [1.54, 1.807) is 6.08 Å². The summed E-state index contributed by atoms with van der Waals surface area (Å²) in [6.45, 7) is 1.37. The zero-order chi connectivity index (χ0) is 16.0. The molecule has 3 heteroatoms. The van der Waals surface area contributed by atoms with Crippen LogP contribution >= 0.6 is 11.6 Å². The fourth-order valence-electron chi connectivity index (χ4n) is 1.52. The standard InChI is InChI=1S/C10H10O2.C9H9Cl/c1-9(11)12-8-7-10-5-3-2-4-6-10;10-8-4-7-9-5-2-1-3-6-9/h2-8H,1H3;1-7H,8H2. The van der Waals surface area contributed by atoms with Crippen molar-refractivity contribution in [2.75, 3.05) is 5.88 Å². The highest BCUT2D eigenvalue weighted by atomic mass is 35.5. The predicted molar refractivity (Wildman–Crippen MR) is 93.4 cm³/mol. The van der Waals surface area contributed by atoms with Crippen molar-refractivity contribution in [3.63, 3.8) is 0 Å². The summed E-state index contributed by atoms with van der Waals surface area (Å²) in [5.41, 5.74) is 2.21. The zero-order valence-electron chi connectivity index (χ0n) is 12.5. The lowest BCUT2D eigenvalue weighted by Crippen LogP contribution is -1.88. The maximum atomic E-state index is 10.4. The van der Waals surface area contributed by atoms with Crippen LogP contribution in [-0.4, -0.2) is 11.8 Å². The van der Waals surface area contributed by atoms with Crippen LogP contribution in [0, 0.1) is 0 Å². The number of esters is 1. The Balaban J connectivity index is 0.000000224. The summed E-state index contributed by atoms with van der Waals surface area (Å²) in [6, 6.07) is 19.7. The van der Waals surface area contributed by atoms with Gasteiger partial charge in [0.2, 0.25) is 0 Å². The van der Waals surface area contributed by atoms with E-state index < -0.39 is 0 Å². The average Bonchev–Trinajstić information content (AvgIpc) is 2.55. The van der Waals surface area contributed by atoms with E-state index in [-0.39, 0.29) is 5.97 Å². The maximum Gasteiger partial charge on any atom is 0.307 e. The number of benzene rings is 2. The molecule has 2 aromatic carbocycles. The Morgan fingerprint density at radius 1 is 0.955 bits per heavy atom. The summed E-state index contributed by atoms with van der Waals surface area (Å²) < 4.78 is 4.63. The molecule has 0 bridgehead atoms. The summed E-state index contributed by atoms with van der Waals surface area (Å²) in [5.74, 6) is 0.275. The Kier molecular flexibility index (Phi) is 9.15. The molecule has 0 unspecified atom stereocenters. The SMILES string of the molecule is CC(=O)OC=Cc1ccccc1.ClCC=Cc1ccccc1. The van der Waals surface area contributed by atoms with Gasteiger partial charge in [0.25, 0.3) is 0 Å². The fraction of sp³-hybridized carbons (Fsp3) is 0.105. The van der Waals surface area contributed by atoms with Crippen molar-refractivity contribution in [1.29, 1.82) is 0 Å². The monoisotopic (exact) mass is 314 g/mol. The number of carbonyl (C=O) groups is 1. The molecule has 114 valence electrons. The van der Waals surface area contributed by atoms with Gasteiger partial charge in [0.15, 0.2) is 0 Å². The highest BCUT2D eigenvalue weighted by molar-refractivity contribution is 6.19. The molecule has 2 rings (SSSR count). The van der Waals surface area contributed by atoms with Gasteiger partial charge in [-0.1, -0.05) is 72.8 Å². The third kappa shape index (κ3) is 8.77. The van der Waals surface area contributed by atoms with Crippen LogP contribution in [0.5, 0.6) is 0 Å². The molecular weight excluding hydrogens is 296 g/mol. The third-order valence-electron chi connectivity index (χ3n) is 2.49. The average molecular weight is 315 g/mol. The predicted octanol–water partition coefficient (Wildman–Crippen LogP) is 5.16. The second-order valence-corrected chi connectivity index (χ2v) is 4.60. The van der Waals surface area contributed by atoms with Crippen LogP contribution in [0.3, 0.4) is 0 Å². The molecule has 0 aromatic heterocycles. The lowest BCUT2D eigenvalue weighted by atomic mass is 10.2. The molecule has 0 aliphatic rings. The minimum atomic E-state index is -0.304. The molecule has 0 saturated carbocycles. The number of hydrogen-bond acceptors (Lipinski definition) is 2. The van der Waals surface area contributed by atoms with Crippen LogP contribution in [0.1, 0.15) is 18.1 Å². The highest BCUT2D eigenvalue weighted by Gasteiger charge is 1.85. The van der Waals surface area contributed by atoms with Crippen LogP contribution in [-0.2, 0) is 9.53 Å². The molecule has 0 amide bonds. The Morgan fingerprint density at radius 3 is 1.91 bits per heavy atom. The van der Waals surface area contributed by atoms with Gasteiger partial charge in [-0.3, -0.25) is 4.79 Å². The Hall–Kier alpha value is -2.32. The molecule has 0 radical (unpaired) electrons. The summed E-state index contributed by atoms with van der Waals surface area (Å²) in [5, 5.41) is 0. The van der Waals surface area contributed by atoms with Gasteiger partial charge in [-0.25, -0.2) is 0 Å². The van der Waals surface area contributed by atoms with Crippen LogP contribution in [0.2, 0.25) is 0 Å². The van der Waals surface area contributed by atoms with Gasteiger partial charge in [-0.05, 0) is 17.2 Å². The first-order valence-corrected chi connectivity index (χ1v) is 7.42. The van der Waals surface area contributed by atoms with Crippen LogP contribution < -0.4 is 0 Å². The molecule has 0 heterocycles. The number of alkyl halides is 1. The van der Waals surface area contributed by atoms with E-state index in [9.17, 15) is 4.79 Å². The number of allylic oxidation sites excluding steroid dienone is 1. The van der Waals surface area contributed by atoms with Crippen molar-refractivity contribution in [3.8, 4) is 0 Å². The van der Waals surface area contributed by atoms with Gasteiger partial charge in [-0.15, -0.1) is 11.6 Å². The Morgan fingerprint density at radius 2 is 1.45 bits per heavy atom. The van der Waals surface area contributed by atoms with E-state index in [1.807, 2.05) is 72.8 Å². The van der Waals surface area contributed by atoms with E-state index in [4.69, 9.17) is 11.6 Å². The molecule has 0 fully saturated rings. The molecule has 0 atom stereocenters. The molecule has 0 saturated heterocycles. The van der Waals surface area contributed by atoms with Crippen LogP contribution in [0.4, 0.5) is 0 Å². The number of carbonyl (C=O) groups excluding carboxylic acids is 1. The highest BCUT2D eigenvalue weighted by Crippen LogP contribution is 2.01. The normalized spacial score (nSPS) is 10.3. The number of hydrogen-bond donors (Lipinski definition) is 0. The van der Waals surface area contributed by atoms with E-state index in [0.29, 0.717) is 5.88 Å². The summed E-state index contributed by atoms with van der Waals surface area (Å²) in [6.07, 6.45) is 7.06. The third-order valence-corrected chi connectivity index (χ3v) is 2.67. The minimum absolute atomic E-state index is 0.304. The van der Waals surface area contributed by atoms with Crippen LogP contribution in [0.15, 0.2) is 73.0 Å². The lowest BCUT2D eigenvalue weighted by Gasteiger charge is -1.91. The lowest BCUT2D eigenvalue weighted by molar-refractivity contribution is -0.135. The van der Waals surface area contributed by atoms with Crippen molar-refractivity contribution < 1.29 is 9.53 Å². The van der Waals surface area contributed by atoms with E-state index in [2.05, 4.69) is 4.74 Å². The summed E-state index contributed by atoms with van der Waals surface area (Å²) >= 11 is 5.46. The molecule has 0 aliphatic carbocycles.